The smallest absolute Gasteiger partial charge is 0.255 e. The highest BCUT2D eigenvalue weighted by Crippen LogP contribution is 2.46. The molecule has 0 fully saturated rings. The first-order chi connectivity index (χ1) is 18.8. The summed E-state index contributed by atoms with van der Waals surface area (Å²) in [5.41, 5.74) is 4.50. The van der Waals surface area contributed by atoms with Crippen LogP contribution in [0.25, 0.3) is 10.9 Å². The average Bonchev–Trinajstić information content (AvgIpc) is 3.45. The SMILES string of the molecule is CCC(C)C(NC(=O)C1Cc2c([nH]c3ccccc23)C2c3ccccc3C(=O)N12)C(=O)NCCCOC(C)C. The first-order valence-corrected chi connectivity index (χ1v) is 14.0. The van der Waals surface area contributed by atoms with Crippen molar-refractivity contribution in [2.75, 3.05) is 13.2 Å². The highest BCUT2D eigenvalue weighted by molar-refractivity contribution is 6.04. The van der Waals surface area contributed by atoms with Gasteiger partial charge >= 0.3 is 0 Å². The van der Waals surface area contributed by atoms with Crippen molar-refractivity contribution in [1.29, 1.82) is 0 Å². The number of carbonyl (C=O) groups is 3. The summed E-state index contributed by atoms with van der Waals surface area (Å²) in [5.74, 6) is -0.746. The van der Waals surface area contributed by atoms with Crippen LogP contribution in [0, 0.1) is 5.92 Å². The van der Waals surface area contributed by atoms with E-state index in [0.717, 1.165) is 34.1 Å². The van der Waals surface area contributed by atoms with Crippen LogP contribution in [0.3, 0.4) is 0 Å². The van der Waals surface area contributed by atoms with Gasteiger partial charge in [-0.2, -0.15) is 0 Å². The quantitative estimate of drug-likeness (QED) is 0.344. The number of amides is 3. The van der Waals surface area contributed by atoms with Gasteiger partial charge < -0.3 is 25.3 Å². The standard InChI is InChI=1S/C31H38N4O4/c1-5-19(4)26(30(37)32-15-10-16-39-18(2)3)34-29(36)25-17-23-20-11-8-9-14-24(20)33-27(23)28-21-12-6-7-13-22(21)31(38)35(25)28/h6-9,11-14,18-19,25-26,28,33H,5,10,15-17H2,1-4H3,(H,32,37)(H,34,36). The van der Waals surface area contributed by atoms with Crippen molar-refractivity contribution in [2.45, 2.75) is 71.2 Å². The molecule has 2 aliphatic rings. The third kappa shape index (κ3) is 5.05. The number of ether oxygens (including phenoxy) is 1. The van der Waals surface area contributed by atoms with Gasteiger partial charge in [0.25, 0.3) is 5.91 Å². The first kappa shape index (κ1) is 26.9. The Hall–Kier alpha value is -3.65. The number of benzene rings is 2. The molecule has 1 aromatic heterocycles. The number of nitrogens with zero attached hydrogens (tertiary/aromatic N) is 1. The third-order valence-corrected chi connectivity index (χ3v) is 8.02. The molecular formula is C31H38N4O4. The number of hydrogen-bond donors (Lipinski definition) is 3. The van der Waals surface area contributed by atoms with Crippen molar-refractivity contribution in [3.63, 3.8) is 0 Å². The summed E-state index contributed by atoms with van der Waals surface area (Å²) in [4.78, 5) is 46.1. The molecule has 2 aliphatic heterocycles. The number of carbonyl (C=O) groups excluding carboxylic acids is 3. The molecule has 3 aromatic rings. The lowest BCUT2D eigenvalue weighted by atomic mass is 9.89. The Balaban J connectivity index is 1.42. The zero-order valence-electron chi connectivity index (χ0n) is 23.1. The Bertz CT molecular complexity index is 1380. The molecule has 0 saturated carbocycles. The minimum absolute atomic E-state index is 0.0737. The largest absolute Gasteiger partial charge is 0.379 e. The Morgan fingerprint density at radius 1 is 1.10 bits per heavy atom. The summed E-state index contributed by atoms with van der Waals surface area (Å²) in [6.07, 6.45) is 1.94. The summed E-state index contributed by atoms with van der Waals surface area (Å²) >= 11 is 0. The van der Waals surface area contributed by atoms with Crippen LogP contribution < -0.4 is 10.6 Å². The number of H-pyrrole nitrogens is 1. The van der Waals surface area contributed by atoms with E-state index < -0.39 is 12.1 Å². The lowest BCUT2D eigenvalue weighted by Crippen LogP contribution is -2.58. The molecule has 0 bridgehead atoms. The van der Waals surface area contributed by atoms with Crippen LogP contribution in [-0.2, 0) is 20.7 Å². The van der Waals surface area contributed by atoms with Crippen LogP contribution >= 0.6 is 0 Å². The van der Waals surface area contributed by atoms with Crippen LogP contribution in [0.1, 0.15) is 73.8 Å². The van der Waals surface area contributed by atoms with Gasteiger partial charge in [-0.1, -0.05) is 56.7 Å². The van der Waals surface area contributed by atoms with Gasteiger partial charge in [0.05, 0.1) is 12.1 Å². The van der Waals surface area contributed by atoms with E-state index in [4.69, 9.17) is 4.74 Å². The highest BCUT2D eigenvalue weighted by atomic mass is 16.5. The average molecular weight is 531 g/mol. The number of aromatic nitrogens is 1. The van der Waals surface area contributed by atoms with Crippen molar-refractivity contribution >= 4 is 28.6 Å². The maximum Gasteiger partial charge on any atom is 0.255 e. The van der Waals surface area contributed by atoms with E-state index in [1.807, 2.05) is 70.2 Å². The minimum Gasteiger partial charge on any atom is -0.379 e. The molecule has 8 heteroatoms. The highest BCUT2D eigenvalue weighted by Gasteiger charge is 2.49. The van der Waals surface area contributed by atoms with Gasteiger partial charge in [0, 0.05) is 41.7 Å². The van der Waals surface area contributed by atoms with Crippen molar-refractivity contribution in [2.24, 2.45) is 5.92 Å². The predicted octanol–water partition coefficient (Wildman–Crippen LogP) is 4.10. The van der Waals surface area contributed by atoms with Crippen molar-refractivity contribution in [3.05, 3.63) is 70.9 Å². The van der Waals surface area contributed by atoms with Crippen LogP contribution in [-0.4, -0.2) is 58.9 Å². The number of aromatic amines is 1. The molecule has 0 aliphatic carbocycles. The van der Waals surface area contributed by atoms with Gasteiger partial charge in [0.1, 0.15) is 12.1 Å². The molecule has 0 spiro atoms. The summed E-state index contributed by atoms with van der Waals surface area (Å²) in [6.45, 7) is 8.95. The van der Waals surface area contributed by atoms with E-state index in [0.29, 0.717) is 31.6 Å². The zero-order chi connectivity index (χ0) is 27.7. The topological polar surface area (TPSA) is 104 Å². The molecule has 4 atom stereocenters. The Morgan fingerprint density at radius 2 is 1.85 bits per heavy atom. The lowest BCUT2D eigenvalue weighted by molar-refractivity contribution is -0.133. The van der Waals surface area contributed by atoms with E-state index >= 15 is 0 Å². The van der Waals surface area contributed by atoms with Crippen LogP contribution in [0.2, 0.25) is 0 Å². The summed E-state index contributed by atoms with van der Waals surface area (Å²) in [7, 11) is 0. The first-order valence-electron chi connectivity index (χ1n) is 14.0. The van der Waals surface area contributed by atoms with Gasteiger partial charge in [-0.15, -0.1) is 0 Å². The summed E-state index contributed by atoms with van der Waals surface area (Å²) in [6, 6.07) is 13.8. The summed E-state index contributed by atoms with van der Waals surface area (Å²) in [5, 5.41) is 7.06. The molecule has 5 rings (SSSR count). The normalized spacial score (nSPS) is 19.4. The zero-order valence-corrected chi connectivity index (χ0v) is 23.1. The maximum absolute atomic E-state index is 14.0. The van der Waals surface area contributed by atoms with Gasteiger partial charge in [-0.3, -0.25) is 14.4 Å². The van der Waals surface area contributed by atoms with Crippen molar-refractivity contribution in [3.8, 4) is 0 Å². The molecule has 3 N–H and O–H groups in total. The van der Waals surface area contributed by atoms with Crippen molar-refractivity contribution in [1.82, 2.24) is 20.5 Å². The van der Waals surface area contributed by atoms with Crippen LogP contribution in [0.5, 0.6) is 0 Å². The molecule has 3 amide bonds. The second-order valence-electron chi connectivity index (χ2n) is 10.9. The second kappa shape index (κ2) is 11.2. The fourth-order valence-corrected chi connectivity index (χ4v) is 5.80. The molecule has 0 radical (unpaired) electrons. The second-order valence-corrected chi connectivity index (χ2v) is 10.9. The fraction of sp³-hybridized carbons (Fsp3) is 0.452. The van der Waals surface area contributed by atoms with E-state index in [-0.39, 0.29) is 35.8 Å². The number of rotatable bonds is 10. The molecule has 206 valence electrons. The van der Waals surface area contributed by atoms with Gasteiger partial charge in [0.2, 0.25) is 11.8 Å². The molecule has 8 nitrogen and oxygen atoms in total. The van der Waals surface area contributed by atoms with Crippen LogP contribution in [0.15, 0.2) is 48.5 Å². The molecule has 0 saturated heterocycles. The predicted molar refractivity (Wildman–Crippen MR) is 150 cm³/mol. The van der Waals surface area contributed by atoms with Gasteiger partial charge in [-0.25, -0.2) is 0 Å². The third-order valence-electron chi connectivity index (χ3n) is 8.02. The Labute approximate surface area is 229 Å². The minimum atomic E-state index is -0.736. The number of fused-ring (bicyclic) bond motifs is 7. The van der Waals surface area contributed by atoms with Gasteiger partial charge in [0.15, 0.2) is 0 Å². The fourth-order valence-electron chi connectivity index (χ4n) is 5.80. The number of para-hydroxylation sites is 1. The Morgan fingerprint density at radius 3 is 2.62 bits per heavy atom. The van der Waals surface area contributed by atoms with E-state index in [1.54, 1.807) is 4.90 Å². The van der Waals surface area contributed by atoms with Crippen molar-refractivity contribution < 1.29 is 19.1 Å². The molecule has 3 heterocycles. The van der Waals surface area contributed by atoms with E-state index in [9.17, 15) is 14.4 Å². The maximum atomic E-state index is 14.0. The lowest BCUT2D eigenvalue weighted by Gasteiger charge is -2.38. The molecule has 39 heavy (non-hydrogen) atoms. The Kier molecular flexibility index (Phi) is 7.75. The van der Waals surface area contributed by atoms with E-state index in [1.165, 1.54) is 0 Å². The molecule has 4 unspecified atom stereocenters. The monoisotopic (exact) mass is 530 g/mol. The van der Waals surface area contributed by atoms with Crippen LogP contribution in [0.4, 0.5) is 0 Å². The number of nitrogens with one attached hydrogen (secondary N) is 3. The summed E-state index contributed by atoms with van der Waals surface area (Å²) < 4.78 is 5.56. The van der Waals surface area contributed by atoms with Gasteiger partial charge in [-0.05, 0) is 49.4 Å². The molecular weight excluding hydrogens is 492 g/mol. The molecule has 2 aromatic carbocycles. The van der Waals surface area contributed by atoms with E-state index in [2.05, 4.69) is 21.7 Å². The number of hydrogen-bond acceptors (Lipinski definition) is 4.